The molecule has 3 aromatic rings. The minimum atomic E-state index is -0.0720. The molecule has 0 saturated heterocycles. The molecule has 0 aliphatic heterocycles. The summed E-state index contributed by atoms with van der Waals surface area (Å²) in [5.74, 6) is 0.725. The number of carbonyl (C=O) groups excluding carboxylic acids is 1. The molecule has 6 heteroatoms. The summed E-state index contributed by atoms with van der Waals surface area (Å²) in [6, 6.07) is 11.4. The maximum Gasteiger partial charge on any atom is 0.230 e. The van der Waals surface area contributed by atoms with E-state index in [-0.39, 0.29) is 12.3 Å². The molecule has 118 valence electrons. The van der Waals surface area contributed by atoms with E-state index in [1.807, 2.05) is 54.1 Å². The van der Waals surface area contributed by atoms with Gasteiger partial charge in [-0.1, -0.05) is 6.07 Å². The first-order valence-corrected chi connectivity index (χ1v) is 9.01. The van der Waals surface area contributed by atoms with Gasteiger partial charge in [-0.2, -0.15) is 0 Å². The summed E-state index contributed by atoms with van der Waals surface area (Å²) in [4.78, 5) is 17.8. The van der Waals surface area contributed by atoms with Crippen LogP contribution in [0.25, 0.3) is 9.88 Å². The van der Waals surface area contributed by atoms with E-state index in [1.165, 1.54) is 0 Å². The number of rotatable bonds is 6. The lowest BCUT2D eigenvalue weighted by Gasteiger charge is -2.06. The third-order valence-electron chi connectivity index (χ3n) is 3.07. The number of anilines is 1. The smallest absolute Gasteiger partial charge is 0.230 e. The van der Waals surface area contributed by atoms with Gasteiger partial charge in [0, 0.05) is 11.1 Å². The van der Waals surface area contributed by atoms with Crippen molar-refractivity contribution in [3.8, 4) is 15.6 Å². The third kappa shape index (κ3) is 4.18. The highest BCUT2D eigenvalue weighted by molar-refractivity contribution is 7.20. The molecule has 0 saturated carbocycles. The van der Waals surface area contributed by atoms with Crippen LogP contribution in [0.2, 0.25) is 0 Å². The number of hydrogen-bond acceptors (Lipinski definition) is 5. The van der Waals surface area contributed by atoms with Crippen molar-refractivity contribution in [2.45, 2.75) is 13.3 Å². The Morgan fingerprint density at radius 3 is 2.74 bits per heavy atom. The molecular weight excluding hydrogens is 328 g/mol. The molecule has 2 aromatic heterocycles. The van der Waals surface area contributed by atoms with Gasteiger partial charge in [-0.05, 0) is 42.6 Å². The van der Waals surface area contributed by atoms with Crippen LogP contribution in [0.4, 0.5) is 5.69 Å². The van der Waals surface area contributed by atoms with Gasteiger partial charge in [0.25, 0.3) is 0 Å². The van der Waals surface area contributed by atoms with Crippen LogP contribution < -0.4 is 10.1 Å². The van der Waals surface area contributed by atoms with Crippen molar-refractivity contribution in [1.29, 1.82) is 0 Å². The van der Waals surface area contributed by atoms with Crippen LogP contribution in [0.15, 0.2) is 47.2 Å². The fourth-order valence-corrected chi connectivity index (χ4v) is 3.71. The average Bonchev–Trinajstić information content (AvgIpc) is 3.20. The Morgan fingerprint density at radius 2 is 2.04 bits per heavy atom. The molecule has 0 aliphatic carbocycles. The summed E-state index contributed by atoms with van der Waals surface area (Å²) in [5, 5.41) is 7.80. The number of benzene rings is 1. The molecule has 1 amide bonds. The van der Waals surface area contributed by atoms with E-state index in [9.17, 15) is 4.79 Å². The van der Waals surface area contributed by atoms with Gasteiger partial charge in [0.1, 0.15) is 10.8 Å². The normalized spacial score (nSPS) is 10.5. The Hall–Kier alpha value is -2.18. The summed E-state index contributed by atoms with van der Waals surface area (Å²) in [6.45, 7) is 2.57. The maximum absolute atomic E-state index is 12.1. The zero-order valence-corrected chi connectivity index (χ0v) is 14.2. The third-order valence-corrected chi connectivity index (χ3v) is 5.00. The summed E-state index contributed by atoms with van der Waals surface area (Å²) in [5.41, 5.74) is 1.55. The van der Waals surface area contributed by atoms with Crippen LogP contribution in [-0.4, -0.2) is 17.5 Å². The van der Waals surface area contributed by atoms with Crippen molar-refractivity contribution in [3.05, 3.63) is 52.9 Å². The standard InChI is InChI=1S/C17H16N2O2S2/c1-2-21-14-7-5-12(6-8-14)18-16(20)10-13-11-23-17(19-13)15-4-3-9-22-15/h3-9,11H,2,10H2,1H3,(H,18,20). The summed E-state index contributed by atoms with van der Waals surface area (Å²) in [6.07, 6.45) is 0.273. The van der Waals surface area contributed by atoms with Gasteiger partial charge in [0.05, 0.1) is 23.6 Å². The van der Waals surface area contributed by atoms with E-state index in [0.29, 0.717) is 6.61 Å². The fraction of sp³-hybridized carbons (Fsp3) is 0.176. The topological polar surface area (TPSA) is 51.2 Å². The number of nitrogens with zero attached hydrogens (tertiary/aromatic N) is 1. The minimum Gasteiger partial charge on any atom is -0.494 e. The highest BCUT2D eigenvalue weighted by Crippen LogP contribution is 2.28. The number of thiophene rings is 1. The summed E-state index contributed by atoms with van der Waals surface area (Å²) < 4.78 is 5.38. The van der Waals surface area contributed by atoms with E-state index in [1.54, 1.807) is 22.7 Å². The van der Waals surface area contributed by atoms with Gasteiger partial charge >= 0.3 is 0 Å². The first-order valence-electron chi connectivity index (χ1n) is 7.25. The van der Waals surface area contributed by atoms with Crippen molar-refractivity contribution in [3.63, 3.8) is 0 Å². The van der Waals surface area contributed by atoms with E-state index >= 15 is 0 Å². The second-order valence-corrected chi connectivity index (χ2v) is 6.61. The van der Waals surface area contributed by atoms with Gasteiger partial charge < -0.3 is 10.1 Å². The predicted molar refractivity (Wildman–Crippen MR) is 95.4 cm³/mol. The fourth-order valence-electron chi connectivity index (χ4n) is 2.07. The number of thiazole rings is 1. The van der Waals surface area contributed by atoms with Gasteiger partial charge in [0.2, 0.25) is 5.91 Å². The van der Waals surface area contributed by atoms with Gasteiger partial charge in [-0.25, -0.2) is 4.98 Å². The van der Waals surface area contributed by atoms with Crippen molar-refractivity contribution in [2.24, 2.45) is 0 Å². The molecule has 0 bridgehead atoms. The Balaban J connectivity index is 1.59. The second-order valence-electron chi connectivity index (χ2n) is 4.80. The molecule has 1 N–H and O–H groups in total. The SMILES string of the molecule is CCOc1ccc(NC(=O)Cc2csc(-c3cccs3)n2)cc1. The van der Waals surface area contributed by atoms with Crippen molar-refractivity contribution in [2.75, 3.05) is 11.9 Å². The lowest BCUT2D eigenvalue weighted by Crippen LogP contribution is -2.14. The van der Waals surface area contributed by atoms with E-state index in [0.717, 1.165) is 27.0 Å². The molecule has 2 heterocycles. The highest BCUT2D eigenvalue weighted by Gasteiger charge is 2.10. The van der Waals surface area contributed by atoms with Gasteiger partial charge in [-0.3, -0.25) is 4.79 Å². The Morgan fingerprint density at radius 1 is 1.22 bits per heavy atom. The number of aromatic nitrogens is 1. The van der Waals surface area contributed by atoms with Crippen LogP contribution in [0.3, 0.4) is 0 Å². The van der Waals surface area contributed by atoms with E-state index < -0.39 is 0 Å². The highest BCUT2D eigenvalue weighted by atomic mass is 32.1. The lowest BCUT2D eigenvalue weighted by atomic mass is 10.2. The zero-order chi connectivity index (χ0) is 16.1. The zero-order valence-electron chi connectivity index (χ0n) is 12.6. The molecule has 3 rings (SSSR count). The van der Waals surface area contributed by atoms with Crippen molar-refractivity contribution < 1.29 is 9.53 Å². The molecule has 0 radical (unpaired) electrons. The Kier molecular flexibility index (Phi) is 5.05. The van der Waals surface area contributed by atoms with E-state index in [2.05, 4.69) is 10.3 Å². The summed E-state index contributed by atoms with van der Waals surface area (Å²) >= 11 is 3.22. The molecular formula is C17H16N2O2S2. The number of amides is 1. The van der Waals surface area contributed by atoms with Crippen LogP contribution in [0.5, 0.6) is 5.75 Å². The van der Waals surface area contributed by atoms with Gasteiger partial charge in [0.15, 0.2) is 0 Å². The van der Waals surface area contributed by atoms with Crippen LogP contribution >= 0.6 is 22.7 Å². The minimum absolute atomic E-state index is 0.0720. The average molecular weight is 344 g/mol. The quantitative estimate of drug-likeness (QED) is 0.719. The molecule has 0 atom stereocenters. The van der Waals surface area contributed by atoms with Crippen LogP contribution in [0.1, 0.15) is 12.6 Å². The first kappa shape index (κ1) is 15.7. The largest absolute Gasteiger partial charge is 0.494 e. The van der Waals surface area contributed by atoms with Crippen molar-refractivity contribution in [1.82, 2.24) is 4.98 Å². The number of carbonyl (C=O) groups is 1. The van der Waals surface area contributed by atoms with Crippen LogP contribution in [0, 0.1) is 0 Å². The maximum atomic E-state index is 12.1. The number of hydrogen-bond donors (Lipinski definition) is 1. The Bertz CT molecular complexity index is 764. The molecule has 0 unspecified atom stereocenters. The van der Waals surface area contributed by atoms with Crippen molar-refractivity contribution >= 4 is 34.3 Å². The molecule has 0 spiro atoms. The molecule has 1 aromatic carbocycles. The second kappa shape index (κ2) is 7.39. The lowest BCUT2D eigenvalue weighted by molar-refractivity contribution is -0.115. The summed E-state index contributed by atoms with van der Waals surface area (Å²) in [7, 11) is 0. The predicted octanol–water partition coefficient (Wildman–Crippen LogP) is 4.45. The van der Waals surface area contributed by atoms with E-state index in [4.69, 9.17) is 4.74 Å². The number of nitrogens with one attached hydrogen (secondary N) is 1. The number of ether oxygens (including phenoxy) is 1. The Labute approximate surface area is 142 Å². The molecule has 23 heavy (non-hydrogen) atoms. The first-order chi connectivity index (χ1) is 11.2. The monoisotopic (exact) mass is 344 g/mol. The molecule has 4 nitrogen and oxygen atoms in total. The van der Waals surface area contributed by atoms with Gasteiger partial charge in [-0.15, -0.1) is 22.7 Å². The molecule has 0 fully saturated rings. The van der Waals surface area contributed by atoms with Crippen LogP contribution in [-0.2, 0) is 11.2 Å². The molecule has 0 aliphatic rings.